The molecule has 0 saturated carbocycles. The maximum atomic E-state index is 11.3. The molecule has 0 radical (unpaired) electrons. The van der Waals surface area contributed by atoms with Gasteiger partial charge in [-0.25, -0.2) is 8.42 Å². The second kappa shape index (κ2) is 9.36. The molecule has 1 unspecified atom stereocenters. The van der Waals surface area contributed by atoms with Crippen LogP contribution in [0.3, 0.4) is 0 Å². The van der Waals surface area contributed by atoms with Gasteiger partial charge in [0.05, 0.1) is 4.90 Å². The van der Waals surface area contributed by atoms with E-state index in [0.717, 1.165) is 5.56 Å². The summed E-state index contributed by atoms with van der Waals surface area (Å²) in [6, 6.07) is 12.0. The Morgan fingerprint density at radius 1 is 1.19 bits per heavy atom. The number of aryl methyl sites for hydroxylation is 1. The Morgan fingerprint density at radius 2 is 1.77 bits per heavy atom. The summed E-state index contributed by atoms with van der Waals surface area (Å²) in [5.41, 5.74) is 1.38. The molecule has 0 bridgehead atoms. The quantitative estimate of drug-likeness (QED) is 0.271. The summed E-state index contributed by atoms with van der Waals surface area (Å²) in [6.45, 7) is 3.20. The molecular weight excluding hydrogens is 449 g/mol. The molecule has 2 aromatic carbocycles. The molecule has 0 fully saturated rings. The third-order valence-electron chi connectivity index (χ3n) is 2.91. The van der Waals surface area contributed by atoms with E-state index in [1.165, 1.54) is 37.3 Å². The number of carbonyl (C=O) groups excluding carboxylic acids is 1. The standard InChI is InChI=1S/C8H10AsNO5.C7H7ClO2S/c1-6(11)10-8-4-2-3-7(5-8)9(12,13)15-14;1-6-2-4-7(5-3-6)11(8,9)10/h2-5,14H,1H3,(H,10,11)(H,12,13);2-5H,1H3. The molecule has 1 amide bonds. The van der Waals surface area contributed by atoms with Crippen molar-refractivity contribution in [2.24, 2.45) is 0 Å². The first kappa shape index (κ1) is 22.4. The summed E-state index contributed by atoms with van der Waals surface area (Å²) < 4.78 is 45.4. The topological polar surface area (TPSA) is 130 Å². The van der Waals surface area contributed by atoms with Crippen molar-refractivity contribution in [2.75, 3.05) is 5.32 Å². The minimum atomic E-state index is -4.83. The Hall–Kier alpha value is -1.61. The number of amides is 1. The molecule has 3 N–H and O–H groups in total. The van der Waals surface area contributed by atoms with Crippen LogP contribution in [0, 0.1) is 6.92 Å². The van der Waals surface area contributed by atoms with Crippen LogP contribution in [0.1, 0.15) is 12.5 Å². The Bertz CT molecular complexity index is 916. The molecule has 0 aliphatic carbocycles. The Labute approximate surface area is 158 Å². The number of nitrogens with one attached hydrogen (secondary N) is 1. The Balaban J connectivity index is 0.000000273. The van der Waals surface area contributed by atoms with Crippen molar-refractivity contribution in [2.45, 2.75) is 18.7 Å². The molecule has 142 valence electrons. The third kappa shape index (κ3) is 7.33. The van der Waals surface area contributed by atoms with Crippen LogP contribution in [0.15, 0.2) is 53.4 Å². The van der Waals surface area contributed by atoms with Gasteiger partial charge < -0.3 is 0 Å². The number of hydrogen-bond donors (Lipinski definition) is 3. The fraction of sp³-hybridized carbons (Fsp3) is 0.133. The van der Waals surface area contributed by atoms with Gasteiger partial charge in [-0.1, -0.05) is 17.7 Å². The fourth-order valence-corrected chi connectivity index (χ4v) is 3.89. The number of hydrogen-bond acceptors (Lipinski definition) is 6. The first-order valence-electron chi connectivity index (χ1n) is 7.01. The third-order valence-corrected chi connectivity index (χ3v) is 6.69. The molecule has 0 heterocycles. The molecule has 0 aliphatic rings. The number of rotatable bonds is 4. The van der Waals surface area contributed by atoms with Crippen molar-refractivity contribution in [3.05, 3.63) is 54.1 Å². The van der Waals surface area contributed by atoms with Gasteiger partial charge >= 0.3 is 88.4 Å². The predicted octanol–water partition coefficient (Wildman–Crippen LogP) is 1.63. The van der Waals surface area contributed by atoms with Gasteiger partial charge in [-0.3, -0.25) is 0 Å². The zero-order valence-corrected chi connectivity index (χ0v) is 17.2. The van der Waals surface area contributed by atoms with Gasteiger partial charge in [0, 0.05) is 10.7 Å². The molecule has 0 aromatic heterocycles. The van der Waals surface area contributed by atoms with Crippen molar-refractivity contribution in [3.63, 3.8) is 0 Å². The monoisotopic (exact) mass is 465 g/mol. The van der Waals surface area contributed by atoms with Crippen LogP contribution in [0.25, 0.3) is 0 Å². The van der Waals surface area contributed by atoms with Crippen molar-refractivity contribution >= 4 is 49.9 Å². The molecule has 2 aromatic rings. The average Bonchev–Trinajstić information content (AvgIpc) is 2.54. The average molecular weight is 466 g/mol. The molecule has 2 rings (SSSR count). The molecule has 0 saturated heterocycles. The van der Waals surface area contributed by atoms with Crippen LogP contribution in [-0.4, -0.2) is 37.9 Å². The predicted molar refractivity (Wildman–Crippen MR) is 97.0 cm³/mol. The second-order valence-electron chi connectivity index (χ2n) is 5.08. The van der Waals surface area contributed by atoms with E-state index in [2.05, 4.69) is 9.19 Å². The molecule has 11 heteroatoms. The van der Waals surface area contributed by atoms with E-state index < -0.39 is 23.2 Å². The molecule has 1 atom stereocenters. The molecule has 0 aliphatic heterocycles. The molecule has 26 heavy (non-hydrogen) atoms. The van der Waals surface area contributed by atoms with Crippen molar-refractivity contribution in [1.29, 1.82) is 0 Å². The maximum Gasteiger partial charge on any atom is 0.261 e. The van der Waals surface area contributed by atoms with Crippen LogP contribution < -0.4 is 9.67 Å². The minimum absolute atomic E-state index is 0.0399. The van der Waals surface area contributed by atoms with E-state index in [9.17, 15) is 21.0 Å². The van der Waals surface area contributed by atoms with Crippen LogP contribution in [0.2, 0.25) is 0 Å². The summed E-state index contributed by atoms with van der Waals surface area (Å²) in [6.07, 6.45) is 0. The minimum Gasteiger partial charge on any atom is -0.207 e. The van der Waals surface area contributed by atoms with Gasteiger partial charge in [-0.2, -0.15) is 0 Å². The van der Waals surface area contributed by atoms with E-state index in [0.29, 0.717) is 5.69 Å². The van der Waals surface area contributed by atoms with Crippen molar-refractivity contribution in [1.82, 2.24) is 0 Å². The van der Waals surface area contributed by atoms with Gasteiger partial charge in [0.25, 0.3) is 9.05 Å². The largest absolute Gasteiger partial charge is 0.261 e. The molecular formula is C15H17AsClNO7S. The zero-order valence-electron chi connectivity index (χ0n) is 13.8. The van der Waals surface area contributed by atoms with Crippen molar-refractivity contribution < 1.29 is 30.2 Å². The van der Waals surface area contributed by atoms with Gasteiger partial charge in [-0.05, 0) is 19.1 Å². The zero-order chi connectivity index (χ0) is 20.0. The first-order chi connectivity index (χ1) is 12.0. The van der Waals surface area contributed by atoms with Crippen LogP contribution in [0.4, 0.5) is 5.69 Å². The van der Waals surface area contributed by atoms with E-state index in [1.807, 2.05) is 6.92 Å². The second-order valence-corrected chi connectivity index (χ2v) is 11.3. The summed E-state index contributed by atoms with van der Waals surface area (Å²) >= 11 is -4.83. The fourth-order valence-electron chi connectivity index (χ4n) is 1.71. The van der Waals surface area contributed by atoms with Gasteiger partial charge in [0.1, 0.15) is 0 Å². The van der Waals surface area contributed by atoms with Gasteiger partial charge in [0.2, 0.25) is 0 Å². The van der Waals surface area contributed by atoms with Gasteiger partial charge in [-0.15, -0.1) is 0 Å². The van der Waals surface area contributed by atoms with E-state index in [1.54, 1.807) is 18.2 Å². The number of carbonyl (C=O) groups is 1. The summed E-state index contributed by atoms with van der Waals surface area (Å²) in [5, 5.41) is 10.7. The Morgan fingerprint density at radius 3 is 2.23 bits per heavy atom. The summed E-state index contributed by atoms with van der Waals surface area (Å²) in [5.74, 6) is -0.294. The van der Waals surface area contributed by atoms with E-state index in [4.69, 9.17) is 15.9 Å². The van der Waals surface area contributed by atoms with E-state index in [-0.39, 0.29) is 15.2 Å². The summed E-state index contributed by atoms with van der Waals surface area (Å²) in [4.78, 5) is 10.9. The van der Waals surface area contributed by atoms with Gasteiger partial charge in [0.15, 0.2) is 0 Å². The number of benzene rings is 2. The number of halogens is 1. The van der Waals surface area contributed by atoms with Crippen LogP contribution >= 0.6 is 10.7 Å². The molecule has 0 spiro atoms. The number of anilines is 1. The van der Waals surface area contributed by atoms with Crippen LogP contribution in [-0.2, 0) is 21.5 Å². The van der Waals surface area contributed by atoms with Crippen LogP contribution in [0.5, 0.6) is 0 Å². The SMILES string of the molecule is CC(=O)Nc1cccc([As](=O)(O)OO)c1.Cc1ccc(S(=O)(=O)Cl)cc1. The molecule has 8 nitrogen and oxygen atoms in total. The maximum absolute atomic E-state index is 11.3. The first-order valence-corrected chi connectivity index (χ1v) is 12.6. The summed E-state index contributed by atoms with van der Waals surface area (Å²) in [7, 11) is 1.54. The normalized spacial score (nSPS) is 13.1. The Kier molecular flexibility index (Phi) is 8.08. The smallest absolute Gasteiger partial charge is 0.207 e. The van der Waals surface area contributed by atoms with E-state index >= 15 is 0 Å². The van der Waals surface area contributed by atoms with Crippen molar-refractivity contribution in [3.8, 4) is 0 Å².